The summed E-state index contributed by atoms with van der Waals surface area (Å²) in [5.74, 6) is 0.342. The maximum atomic E-state index is 12.5. The van der Waals surface area contributed by atoms with Gasteiger partial charge >= 0.3 is 0 Å². The number of nitrogens with one attached hydrogen (secondary N) is 1. The Morgan fingerprint density at radius 3 is 2.31 bits per heavy atom. The normalized spacial score (nSPS) is 11.4. The lowest BCUT2D eigenvalue weighted by atomic mass is 10.1. The maximum absolute atomic E-state index is 12.5. The molecule has 1 N–H and O–H groups in total. The summed E-state index contributed by atoms with van der Waals surface area (Å²) in [6.07, 6.45) is 0. The summed E-state index contributed by atoms with van der Waals surface area (Å²) in [6.45, 7) is 0.267. The zero-order chi connectivity index (χ0) is 20.1. The Labute approximate surface area is 169 Å². The summed E-state index contributed by atoms with van der Waals surface area (Å²) in [4.78, 5) is 0.225. The molecule has 0 saturated carbocycles. The molecule has 0 spiro atoms. The van der Waals surface area contributed by atoms with Crippen LogP contribution in [0.25, 0.3) is 22.0 Å². The molecule has 1 aromatic heterocycles. The Balaban J connectivity index is 1.33. The van der Waals surface area contributed by atoms with E-state index >= 15 is 0 Å². The molecular weight excluding hydrogens is 386 g/mol. The van der Waals surface area contributed by atoms with Crippen molar-refractivity contribution in [3.8, 4) is 17.1 Å². The third kappa shape index (κ3) is 4.59. The molecule has 1 heterocycles. The molecule has 146 valence electrons. The van der Waals surface area contributed by atoms with Crippen molar-refractivity contribution < 1.29 is 13.2 Å². The molecule has 0 fully saturated rings. The van der Waals surface area contributed by atoms with Gasteiger partial charge in [0, 0.05) is 18.2 Å². The maximum Gasteiger partial charge on any atom is 0.240 e. The van der Waals surface area contributed by atoms with Crippen molar-refractivity contribution in [1.29, 1.82) is 0 Å². The van der Waals surface area contributed by atoms with Crippen LogP contribution in [0.1, 0.15) is 0 Å². The van der Waals surface area contributed by atoms with Crippen LogP contribution in [0.15, 0.2) is 89.8 Å². The lowest BCUT2D eigenvalue weighted by Gasteiger charge is -2.09. The van der Waals surface area contributed by atoms with Gasteiger partial charge in [0.25, 0.3) is 0 Å². The van der Waals surface area contributed by atoms with Crippen LogP contribution in [-0.2, 0) is 10.0 Å². The Morgan fingerprint density at radius 2 is 1.55 bits per heavy atom. The lowest BCUT2D eigenvalue weighted by molar-refractivity contribution is 0.307. The molecule has 29 heavy (non-hydrogen) atoms. The van der Waals surface area contributed by atoms with Crippen molar-refractivity contribution >= 4 is 20.8 Å². The van der Waals surface area contributed by atoms with Gasteiger partial charge < -0.3 is 4.74 Å². The fourth-order valence-corrected chi connectivity index (χ4v) is 3.96. The smallest absolute Gasteiger partial charge is 0.240 e. The minimum absolute atomic E-state index is 0.122. The van der Waals surface area contributed by atoms with Crippen molar-refractivity contribution in [3.05, 3.63) is 84.9 Å². The van der Waals surface area contributed by atoms with E-state index < -0.39 is 10.0 Å². The summed E-state index contributed by atoms with van der Waals surface area (Å²) in [5.41, 5.74) is 1.71. The van der Waals surface area contributed by atoms with Gasteiger partial charge in [0.1, 0.15) is 6.61 Å². The highest BCUT2D eigenvalue weighted by Crippen LogP contribution is 2.19. The van der Waals surface area contributed by atoms with Gasteiger partial charge in [-0.25, -0.2) is 13.1 Å². The van der Waals surface area contributed by atoms with Crippen LogP contribution in [0.4, 0.5) is 0 Å². The largest absolute Gasteiger partial charge is 0.475 e. The van der Waals surface area contributed by atoms with Gasteiger partial charge in [-0.15, -0.1) is 10.2 Å². The second-order valence-corrected chi connectivity index (χ2v) is 8.14. The highest BCUT2D eigenvalue weighted by Gasteiger charge is 2.14. The van der Waals surface area contributed by atoms with E-state index in [1.165, 1.54) is 0 Å². The first-order valence-corrected chi connectivity index (χ1v) is 10.6. The number of sulfonamides is 1. The number of aromatic nitrogens is 2. The zero-order valence-electron chi connectivity index (χ0n) is 15.5. The highest BCUT2D eigenvalue weighted by molar-refractivity contribution is 7.89. The fourth-order valence-electron chi connectivity index (χ4n) is 2.91. The Bertz CT molecular complexity index is 1210. The predicted molar refractivity (Wildman–Crippen MR) is 112 cm³/mol. The van der Waals surface area contributed by atoms with Gasteiger partial charge in [-0.2, -0.15) is 0 Å². The zero-order valence-corrected chi connectivity index (χ0v) is 16.3. The topological polar surface area (TPSA) is 81.2 Å². The van der Waals surface area contributed by atoms with Gasteiger partial charge in [-0.1, -0.05) is 60.7 Å². The van der Waals surface area contributed by atoms with Gasteiger partial charge in [-0.05, 0) is 29.0 Å². The van der Waals surface area contributed by atoms with E-state index in [-0.39, 0.29) is 18.0 Å². The van der Waals surface area contributed by atoms with Crippen molar-refractivity contribution in [2.45, 2.75) is 4.90 Å². The van der Waals surface area contributed by atoms with E-state index in [0.29, 0.717) is 5.88 Å². The molecular formula is C22H19N3O3S. The number of ether oxygens (including phenoxy) is 1. The minimum Gasteiger partial charge on any atom is -0.475 e. The highest BCUT2D eigenvalue weighted by atomic mass is 32.2. The summed E-state index contributed by atoms with van der Waals surface area (Å²) >= 11 is 0. The predicted octanol–water partition coefficient (Wildman–Crippen LogP) is 3.65. The Hall–Kier alpha value is -3.29. The van der Waals surface area contributed by atoms with E-state index in [9.17, 15) is 8.42 Å². The average Bonchev–Trinajstić information content (AvgIpc) is 2.77. The van der Waals surface area contributed by atoms with Crippen LogP contribution < -0.4 is 9.46 Å². The second-order valence-electron chi connectivity index (χ2n) is 6.38. The number of rotatable bonds is 7. The molecule has 0 aliphatic heterocycles. The minimum atomic E-state index is -3.61. The third-order valence-electron chi connectivity index (χ3n) is 4.38. The van der Waals surface area contributed by atoms with Crippen LogP contribution in [0.2, 0.25) is 0 Å². The first kappa shape index (κ1) is 19.0. The molecule has 6 nitrogen and oxygen atoms in total. The molecule has 0 amide bonds. The van der Waals surface area contributed by atoms with E-state index in [0.717, 1.165) is 22.0 Å². The molecule has 0 bridgehead atoms. The van der Waals surface area contributed by atoms with Crippen molar-refractivity contribution in [2.24, 2.45) is 0 Å². The molecule has 0 saturated heterocycles. The summed E-state index contributed by atoms with van der Waals surface area (Å²) in [6, 6.07) is 25.9. The van der Waals surface area contributed by atoms with Crippen LogP contribution >= 0.6 is 0 Å². The van der Waals surface area contributed by atoms with Crippen molar-refractivity contribution in [3.63, 3.8) is 0 Å². The number of fused-ring (bicyclic) bond motifs is 1. The first-order valence-electron chi connectivity index (χ1n) is 9.12. The average molecular weight is 405 g/mol. The van der Waals surface area contributed by atoms with E-state index in [4.69, 9.17) is 4.74 Å². The standard InChI is InChI=1S/C22H19N3O3S/c26-29(27,20-11-10-17-6-4-5-9-19(17)16-20)23-14-15-28-22-13-12-21(24-25-22)18-7-2-1-3-8-18/h1-13,16,23H,14-15H2. The van der Waals surface area contributed by atoms with Crippen LogP contribution in [0, 0.1) is 0 Å². The van der Waals surface area contributed by atoms with Crippen molar-refractivity contribution in [2.75, 3.05) is 13.2 Å². The molecule has 7 heteroatoms. The van der Waals surface area contributed by atoms with E-state index in [1.807, 2.05) is 60.7 Å². The summed E-state index contributed by atoms with van der Waals surface area (Å²) < 4.78 is 33.0. The quantitative estimate of drug-likeness (QED) is 0.475. The molecule has 0 radical (unpaired) electrons. The molecule has 4 rings (SSSR count). The summed E-state index contributed by atoms with van der Waals surface area (Å²) in [5, 5.41) is 10.0. The van der Waals surface area contributed by atoms with Crippen LogP contribution in [0.3, 0.4) is 0 Å². The fraction of sp³-hybridized carbons (Fsp3) is 0.0909. The third-order valence-corrected chi connectivity index (χ3v) is 5.84. The molecule has 3 aromatic carbocycles. The van der Waals surface area contributed by atoms with Crippen LogP contribution in [-0.4, -0.2) is 31.8 Å². The summed E-state index contributed by atoms with van der Waals surface area (Å²) in [7, 11) is -3.61. The van der Waals surface area contributed by atoms with Gasteiger partial charge in [0.05, 0.1) is 10.6 Å². The first-order chi connectivity index (χ1) is 14.1. The SMILES string of the molecule is O=S(=O)(NCCOc1ccc(-c2ccccc2)nn1)c1ccc2ccccc2c1. The Morgan fingerprint density at radius 1 is 0.793 bits per heavy atom. The second kappa shape index (κ2) is 8.38. The number of hydrogen-bond acceptors (Lipinski definition) is 5. The molecule has 0 aliphatic rings. The Kier molecular flexibility index (Phi) is 5.50. The number of nitrogens with zero attached hydrogens (tertiary/aromatic N) is 2. The molecule has 4 aromatic rings. The monoisotopic (exact) mass is 405 g/mol. The molecule has 0 atom stereocenters. The molecule has 0 aliphatic carbocycles. The van der Waals surface area contributed by atoms with E-state index in [1.54, 1.807) is 24.3 Å². The van der Waals surface area contributed by atoms with Gasteiger partial charge in [0.2, 0.25) is 15.9 Å². The van der Waals surface area contributed by atoms with Gasteiger partial charge in [0.15, 0.2) is 0 Å². The van der Waals surface area contributed by atoms with E-state index in [2.05, 4.69) is 14.9 Å². The van der Waals surface area contributed by atoms with Gasteiger partial charge in [-0.3, -0.25) is 0 Å². The van der Waals surface area contributed by atoms with Crippen LogP contribution in [0.5, 0.6) is 5.88 Å². The lowest BCUT2D eigenvalue weighted by Crippen LogP contribution is -2.28. The van der Waals surface area contributed by atoms with Crippen molar-refractivity contribution in [1.82, 2.24) is 14.9 Å². The molecule has 0 unspecified atom stereocenters. The number of hydrogen-bond donors (Lipinski definition) is 1. The number of benzene rings is 3.